The Morgan fingerprint density at radius 2 is 1.67 bits per heavy atom. The first-order valence-corrected chi connectivity index (χ1v) is 8.33. The highest BCUT2D eigenvalue weighted by Crippen LogP contribution is 2.19. The van der Waals surface area contributed by atoms with Gasteiger partial charge in [0, 0.05) is 32.3 Å². The molecular weight excluding hydrogens is 252 g/mol. The van der Waals surface area contributed by atoms with Crippen molar-refractivity contribution in [2.45, 2.75) is 39.7 Å². The molecular formula is C10H22N4O3Si. The Kier molecular flexibility index (Phi) is 7.02. The van der Waals surface area contributed by atoms with Crippen molar-refractivity contribution < 1.29 is 13.3 Å². The first-order chi connectivity index (χ1) is 8.76. The van der Waals surface area contributed by atoms with Crippen LogP contribution in [0.25, 0.3) is 0 Å². The molecule has 0 aliphatic heterocycles. The van der Waals surface area contributed by atoms with Crippen LogP contribution in [0.3, 0.4) is 0 Å². The third-order valence-corrected chi connectivity index (χ3v) is 5.52. The van der Waals surface area contributed by atoms with Crippen LogP contribution in [0.5, 0.6) is 0 Å². The van der Waals surface area contributed by atoms with Gasteiger partial charge in [0.05, 0.1) is 0 Å². The van der Waals surface area contributed by atoms with Crippen molar-refractivity contribution in [3.63, 3.8) is 0 Å². The topological polar surface area (TPSA) is 82.2 Å². The smallest absolute Gasteiger partial charge is 0.374 e. The van der Waals surface area contributed by atoms with Gasteiger partial charge in [-0.25, -0.2) is 0 Å². The predicted octanol–water partition coefficient (Wildman–Crippen LogP) is 1.18. The first-order valence-electron chi connectivity index (χ1n) is 6.40. The molecule has 0 bridgehead atoms. The van der Waals surface area contributed by atoms with Gasteiger partial charge in [-0.15, -0.1) is 10.2 Å². The second kappa shape index (κ2) is 8.30. The molecule has 0 amide bonds. The maximum Gasteiger partial charge on any atom is 0.500 e. The van der Waals surface area contributed by atoms with E-state index in [-0.39, 0.29) is 0 Å². The van der Waals surface area contributed by atoms with Gasteiger partial charge in [-0.2, -0.15) is 5.21 Å². The van der Waals surface area contributed by atoms with E-state index in [1.54, 1.807) is 0 Å². The van der Waals surface area contributed by atoms with Gasteiger partial charge in [0.25, 0.3) is 0 Å². The fraction of sp³-hybridized carbons (Fsp3) is 0.900. The molecule has 18 heavy (non-hydrogen) atoms. The number of H-pyrrole nitrogens is 1. The van der Waals surface area contributed by atoms with Gasteiger partial charge >= 0.3 is 8.80 Å². The Morgan fingerprint density at radius 1 is 1.06 bits per heavy atom. The molecule has 1 N–H and O–H groups in total. The number of hydrogen-bond donors (Lipinski definition) is 1. The van der Waals surface area contributed by atoms with Crippen molar-refractivity contribution in [2.75, 3.05) is 19.8 Å². The molecule has 0 aliphatic carbocycles. The summed E-state index contributed by atoms with van der Waals surface area (Å²) in [5.41, 5.74) is 0. The highest BCUT2D eigenvalue weighted by Gasteiger charge is 2.39. The molecule has 0 radical (unpaired) electrons. The highest BCUT2D eigenvalue weighted by molar-refractivity contribution is 6.60. The van der Waals surface area contributed by atoms with Gasteiger partial charge in [-0.05, 0) is 27.2 Å². The van der Waals surface area contributed by atoms with Crippen LogP contribution in [0, 0.1) is 0 Å². The van der Waals surface area contributed by atoms with Gasteiger partial charge in [-0.3, -0.25) is 0 Å². The van der Waals surface area contributed by atoms with Gasteiger partial charge in [0.15, 0.2) is 5.82 Å². The monoisotopic (exact) mass is 274 g/mol. The lowest BCUT2D eigenvalue weighted by molar-refractivity contribution is 0.0708. The summed E-state index contributed by atoms with van der Waals surface area (Å²) in [6.07, 6.45) is 1.62. The molecule has 0 saturated carbocycles. The highest BCUT2D eigenvalue weighted by atomic mass is 28.4. The normalized spacial score (nSPS) is 11.9. The second-order valence-corrected chi connectivity index (χ2v) is 6.40. The molecule has 0 atom stereocenters. The Bertz CT molecular complexity index is 293. The van der Waals surface area contributed by atoms with Crippen molar-refractivity contribution in [3.8, 4) is 0 Å². The van der Waals surface area contributed by atoms with Crippen LogP contribution in [0.1, 0.15) is 33.0 Å². The first kappa shape index (κ1) is 15.2. The molecule has 0 spiro atoms. The average Bonchev–Trinajstić information content (AvgIpc) is 2.83. The van der Waals surface area contributed by atoms with Crippen molar-refractivity contribution >= 4 is 8.80 Å². The number of hydrogen-bond acceptors (Lipinski definition) is 6. The number of rotatable bonds is 10. The summed E-state index contributed by atoms with van der Waals surface area (Å²) < 4.78 is 17.3. The molecule has 0 aromatic carbocycles. The summed E-state index contributed by atoms with van der Waals surface area (Å²) in [6.45, 7) is 7.69. The maximum absolute atomic E-state index is 5.76. The zero-order valence-corrected chi connectivity index (χ0v) is 12.3. The standard InChI is InChI=1S/C10H22N4O3Si/c1-4-15-18(16-5-2,17-6-3)9-7-8-10-11-13-14-12-10/h4-9H2,1-3H3,(H,11,12,13,14). The summed E-state index contributed by atoms with van der Waals surface area (Å²) in [5, 5.41) is 13.8. The SMILES string of the molecule is CCO[Si](CCCc1nn[nH]n1)(OCC)OCC. The lowest BCUT2D eigenvalue weighted by atomic mass is 10.3. The quantitative estimate of drug-likeness (QED) is 0.645. The number of nitrogens with zero attached hydrogens (tertiary/aromatic N) is 3. The summed E-state index contributed by atoms with van der Waals surface area (Å²) in [7, 11) is -2.52. The summed E-state index contributed by atoms with van der Waals surface area (Å²) in [6, 6.07) is 0.775. The average molecular weight is 274 g/mol. The van der Waals surface area contributed by atoms with Gasteiger partial charge < -0.3 is 13.3 Å². The number of aromatic amines is 1. The zero-order chi connectivity index (χ0) is 13.3. The summed E-state index contributed by atoms with van der Waals surface area (Å²) in [5.74, 6) is 0.711. The van der Waals surface area contributed by atoms with Gasteiger partial charge in [-0.1, -0.05) is 5.21 Å². The van der Waals surface area contributed by atoms with E-state index >= 15 is 0 Å². The third kappa shape index (κ3) is 4.81. The Labute approximate surface area is 109 Å². The Balaban J connectivity index is 2.47. The van der Waals surface area contributed by atoms with Crippen LogP contribution in [0.2, 0.25) is 6.04 Å². The molecule has 1 aromatic heterocycles. The third-order valence-electron chi connectivity index (χ3n) is 2.37. The minimum atomic E-state index is -2.52. The van der Waals surface area contributed by atoms with Crippen molar-refractivity contribution in [3.05, 3.63) is 5.82 Å². The number of nitrogens with one attached hydrogen (secondary N) is 1. The largest absolute Gasteiger partial charge is 0.500 e. The van der Waals surface area contributed by atoms with E-state index in [4.69, 9.17) is 13.3 Å². The van der Waals surface area contributed by atoms with Crippen LogP contribution >= 0.6 is 0 Å². The van der Waals surface area contributed by atoms with E-state index in [9.17, 15) is 0 Å². The van der Waals surface area contributed by atoms with E-state index in [1.807, 2.05) is 20.8 Å². The summed E-state index contributed by atoms with van der Waals surface area (Å²) in [4.78, 5) is 0. The van der Waals surface area contributed by atoms with Crippen LogP contribution < -0.4 is 0 Å². The van der Waals surface area contributed by atoms with Crippen LogP contribution in [-0.2, 0) is 19.7 Å². The van der Waals surface area contributed by atoms with Crippen LogP contribution in [-0.4, -0.2) is 49.2 Å². The molecule has 1 heterocycles. The van der Waals surface area contributed by atoms with E-state index in [0.29, 0.717) is 25.6 Å². The van der Waals surface area contributed by atoms with Crippen molar-refractivity contribution in [1.82, 2.24) is 20.6 Å². The zero-order valence-electron chi connectivity index (χ0n) is 11.3. The summed E-state index contributed by atoms with van der Waals surface area (Å²) >= 11 is 0. The molecule has 1 aromatic rings. The predicted molar refractivity (Wildman–Crippen MR) is 67.9 cm³/mol. The Morgan fingerprint density at radius 3 is 2.11 bits per heavy atom. The second-order valence-electron chi connectivity index (χ2n) is 3.66. The minimum absolute atomic E-state index is 0.606. The molecule has 0 aliphatic rings. The molecule has 104 valence electrons. The molecule has 7 nitrogen and oxygen atoms in total. The van der Waals surface area contributed by atoms with E-state index in [1.165, 1.54) is 0 Å². The van der Waals surface area contributed by atoms with Crippen LogP contribution in [0.4, 0.5) is 0 Å². The van der Waals surface area contributed by atoms with Crippen molar-refractivity contribution in [2.24, 2.45) is 0 Å². The molecule has 0 saturated heterocycles. The number of aryl methyl sites for hydroxylation is 1. The molecule has 1 rings (SSSR count). The number of aromatic nitrogens is 4. The lowest BCUT2D eigenvalue weighted by Gasteiger charge is -2.28. The lowest BCUT2D eigenvalue weighted by Crippen LogP contribution is -2.46. The van der Waals surface area contributed by atoms with E-state index < -0.39 is 8.80 Å². The fourth-order valence-corrected chi connectivity index (χ4v) is 4.36. The van der Waals surface area contributed by atoms with Gasteiger partial charge in [0.1, 0.15) is 0 Å². The van der Waals surface area contributed by atoms with E-state index in [2.05, 4.69) is 20.6 Å². The Hall–Kier alpha value is -0.833. The molecule has 0 fully saturated rings. The van der Waals surface area contributed by atoms with Gasteiger partial charge in [0.2, 0.25) is 0 Å². The number of tetrazole rings is 1. The van der Waals surface area contributed by atoms with Crippen molar-refractivity contribution in [1.29, 1.82) is 0 Å². The van der Waals surface area contributed by atoms with E-state index in [0.717, 1.165) is 18.9 Å². The minimum Gasteiger partial charge on any atom is -0.374 e. The van der Waals surface area contributed by atoms with Crippen LogP contribution in [0.15, 0.2) is 0 Å². The molecule has 0 unspecified atom stereocenters. The maximum atomic E-state index is 5.76. The fourth-order valence-electron chi connectivity index (χ4n) is 1.75. The molecule has 8 heteroatoms.